The quantitative estimate of drug-likeness (QED) is 0.181. The number of benzene rings is 5. The van der Waals surface area contributed by atoms with Gasteiger partial charge in [-0.25, -0.2) is 0 Å². The van der Waals surface area contributed by atoms with Crippen molar-refractivity contribution in [2.24, 2.45) is 0 Å². The standard InChI is InChI=1S/C46H36N2OS2/c1-2-10-29(11-3-1)30-18-20-31(21-19-30)47(34-26-27-36-35-12-4-7-15-39(35)49-40(36)28-34)32-22-24-33(25-23-32)48-43-37-13-5-8-16-41(37)50-45(43)46-44(48)38-14-6-9-17-42(38)51-46/h1-20,22-28,31,35,39,43-46H,21H2. The third-order valence-corrected chi connectivity index (χ3v) is 14.5. The minimum absolute atomic E-state index is 0.0739. The highest BCUT2D eigenvalue weighted by molar-refractivity contribution is 8.04. The molecule has 51 heavy (non-hydrogen) atoms. The molecule has 5 heteroatoms. The Morgan fingerprint density at radius 3 is 2.00 bits per heavy atom. The van der Waals surface area contributed by atoms with Crippen molar-refractivity contribution in [3.05, 3.63) is 186 Å². The Morgan fingerprint density at radius 2 is 1.29 bits per heavy atom. The zero-order valence-corrected chi connectivity index (χ0v) is 29.6. The molecule has 5 aromatic carbocycles. The van der Waals surface area contributed by atoms with Gasteiger partial charge in [-0.15, -0.1) is 23.5 Å². The molecule has 3 nitrogen and oxygen atoms in total. The Hall–Kier alpha value is -4.84. The fraction of sp³-hybridized carbons (Fsp3) is 0.174. The zero-order valence-electron chi connectivity index (χ0n) is 28.0. The molecule has 5 aromatic rings. The van der Waals surface area contributed by atoms with Crippen LogP contribution in [-0.2, 0) is 0 Å². The molecular weight excluding hydrogens is 661 g/mol. The first kappa shape index (κ1) is 29.8. The number of hydrogen-bond donors (Lipinski definition) is 0. The van der Waals surface area contributed by atoms with Crippen molar-refractivity contribution >= 4 is 46.2 Å². The van der Waals surface area contributed by atoms with E-state index in [1.165, 1.54) is 49.0 Å². The second kappa shape index (κ2) is 11.9. The zero-order chi connectivity index (χ0) is 33.5. The maximum absolute atomic E-state index is 6.52. The van der Waals surface area contributed by atoms with E-state index in [9.17, 15) is 0 Å². The summed E-state index contributed by atoms with van der Waals surface area (Å²) in [5.41, 5.74) is 10.4. The fourth-order valence-electron chi connectivity index (χ4n) is 9.18. The third kappa shape index (κ3) is 4.74. The van der Waals surface area contributed by atoms with Gasteiger partial charge in [-0.1, -0.05) is 109 Å². The van der Waals surface area contributed by atoms with Gasteiger partial charge in [0.2, 0.25) is 0 Å². The van der Waals surface area contributed by atoms with Crippen LogP contribution in [0.1, 0.15) is 46.7 Å². The number of rotatable bonds is 5. The fourth-order valence-corrected chi connectivity index (χ4v) is 12.4. The van der Waals surface area contributed by atoms with Gasteiger partial charge in [0.1, 0.15) is 11.9 Å². The van der Waals surface area contributed by atoms with Crippen LogP contribution in [0.2, 0.25) is 0 Å². The maximum Gasteiger partial charge on any atom is 0.128 e. The van der Waals surface area contributed by atoms with Gasteiger partial charge in [0.15, 0.2) is 0 Å². The van der Waals surface area contributed by atoms with Crippen LogP contribution >= 0.6 is 23.5 Å². The molecule has 0 amide bonds. The summed E-state index contributed by atoms with van der Waals surface area (Å²) in [5, 5.41) is 1.03. The van der Waals surface area contributed by atoms with Crippen molar-refractivity contribution in [2.45, 2.75) is 56.9 Å². The van der Waals surface area contributed by atoms with Gasteiger partial charge in [-0.3, -0.25) is 0 Å². The van der Waals surface area contributed by atoms with E-state index in [2.05, 4.69) is 197 Å². The smallest absolute Gasteiger partial charge is 0.128 e. The van der Waals surface area contributed by atoms with Crippen LogP contribution in [0.3, 0.4) is 0 Å². The largest absolute Gasteiger partial charge is 0.485 e. The lowest BCUT2D eigenvalue weighted by atomic mass is 9.91. The number of anilines is 3. The molecule has 1 fully saturated rings. The topological polar surface area (TPSA) is 15.7 Å². The monoisotopic (exact) mass is 696 g/mol. The summed E-state index contributed by atoms with van der Waals surface area (Å²) in [7, 11) is 0. The Kier molecular flexibility index (Phi) is 6.94. The van der Waals surface area contributed by atoms with Crippen LogP contribution < -0.4 is 14.5 Å². The first-order valence-corrected chi connectivity index (χ1v) is 19.8. The van der Waals surface area contributed by atoms with Crippen LogP contribution in [0.5, 0.6) is 5.75 Å². The van der Waals surface area contributed by atoms with E-state index in [1.807, 2.05) is 0 Å². The molecule has 0 N–H and O–H groups in total. The van der Waals surface area contributed by atoms with E-state index in [4.69, 9.17) is 4.74 Å². The van der Waals surface area contributed by atoms with Gasteiger partial charge in [0.25, 0.3) is 0 Å². The predicted molar refractivity (Wildman–Crippen MR) is 213 cm³/mol. The molecule has 7 unspecified atom stereocenters. The summed E-state index contributed by atoms with van der Waals surface area (Å²) in [6.07, 6.45) is 16.7. The van der Waals surface area contributed by atoms with Crippen molar-refractivity contribution in [3.63, 3.8) is 0 Å². The van der Waals surface area contributed by atoms with Gasteiger partial charge in [-0.2, -0.15) is 0 Å². The summed E-state index contributed by atoms with van der Waals surface area (Å²) < 4.78 is 6.52. The lowest BCUT2D eigenvalue weighted by Crippen LogP contribution is -2.30. The van der Waals surface area contributed by atoms with Crippen LogP contribution in [-0.4, -0.2) is 22.6 Å². The van der Waals surface area contributed by atoms with E-state index in [-0.39, 0.29) is 18.1 Å². The van der Waals surface area contributed by atoms with Crippen molar-refractivity contribution in [2.75, 3.05) is 9.80 Å². The molecule has 7 atom stereocenters. The van der Waals surface area contributed by atoms with Gasteiger partial charge >= 0.3 is 0 Å². The first-order chi connectivity index (χ1) is 25.3. The maximum atomic E-state index is 6.52. The average molecular weight is 697 g/mol. The van der Waals surface area contributed by atoms with Crippen LogP contribution in [0.25, 0.3) is 5.57 Å². The number of hydrogen-bond acceptors (Lipinski definition) is 5. The molecule has 4 aliphatic heterocycles. The Bertz CT molecular complexity index is 2230. The van der Waals surface area contributed by atoms with Crippen molar-refractivity contribution in [1.82, 2.24) is 0 Å². The molecule has 0 bridgehead atoms. The van der Waals surface area contributed by atoms with Crippen molar-refractivity contribution < 1.29 is 4.74 Å². The molecule has 6 aliphatic rings. The van der Waals surface area contributed by atoms with Gasteiger partial charge in [0, 0.05) is 54.9 Å². The Balaban J connectivity index is 0.978. The molecule has 0 spiro atoms. The summed E-state index contributed by atoms with van der Waals surface area (Å²) in [6.45, 7) is 0. The number of thioether (sulfide) groups is 2. The second-order valence-corrected chi connectivity index (χ2v) is 16.7. The molecule has 248 valence electrons. The average Bonchev–Trinajstić information content (AvgIpc) is 3.94. The van der Waals surface area contributed by atoms with Gasteiger partial charge in [0.05, 0.1) is 18.1 Å². The summed E-state index contributed by atoms with van der Waals surface area (Å²) in [5.74, 6) is 1.27. The van der Waals surface area contributed by atoms with E-state index in [1.54, 1.807) is 0 Å². The molecular formula is C46H36N2OS2. The van der Waals surface area contributed by atoms with E-state index >= 15 is 0 Å². The van der Waals surface area contributed by atoms with E-state index < -0.39 is 0 Å². The first-order valence-electron chi connectivity index (χ1n) is 18.1. The lowest BCUT2D eigenvalue weighted by Gasteiger charge is -2.35. The molecule has 2 aliphatic carbocycles. The van der Waals surface area contributed by atoms with E-state index in [0.29, 0.717) is 22.6 Å². The number of allylic oxidation sites excluding steroid dienone is 4. The Morgan fingerprint density at radius 1 is 0.627 bits per heavy atom. The van der Waals surface area contributed by atoms with Crippen LogP contribution in [0, 0.1) is 0 Å². The molecule has 0 saturated carbocycles. The number of fused-ring (bicyclic) bond motifs is 10. The molecule has 0 aromatic heterocycles. The Labute approximate surface area is 308 Å². The van der Waals surface area contributed by atoms with E-state index in [0.717, 1.165) is 17.9 Å². The summed E-state index contributed by atoms with van der Waals surface area (Å²) >= 11 is 4.18. The second-order valence-electron chi connectivity index (χ2n) is 14.2. The lowest BCUT2D eigenvalue weighted by molar-refractivity contribution is 0.269. The third-order valence-electron chi connectivity index (χ3n) is 11.5. The predicted octanol–water partition coefficient (Wildman–Crippen LogP) is 11.5. The van der Waals surface area contributed by atoms with Gasteiger partial charge < -0.3 is 14.5 Å². The molecule has 0 radical (unpaired) electrons. The minimum Gasteiger partial charge on any atom is -0.485 e. The van der Waals surface area contributed by atoms with Crippen molar-refractivity contribution in [3.8, 4) is 5.75 Å². The highest BCUT2D eigenvalue weighted by atomic mass is 32.2. The number of ether oxygens (including phenoxy) is 1. The highest BCUT2D eigenvalue weighted by Crippen LogP contribution is 2.65. The normalized spacial score (nSPS) is 27.2. The van der Waals surface area contributed by atoms with Crippen LogP contribution in [0.4, 0.5) is 17.1 Å². The molecule has 11 rings (SSSR count). The molecule has 4 heterocycles. The summed E-state index contributed by atoms with van der Waals surface area (Å²) in [4.78, 5) is 8.13. The number of nitrogens with zero attached hydrogens (tertiary/aromatic N) is 2. The van der Waals surface area contributed by atoms with Gasteiger partial charge in [-0.05, 0) is 77.2 Å². The van der Waals surface area contributed by atoms with Crippen molar-refractivity contribution in [1.29, 1.82) is 0 Å². The highest BCUT2D eigenvalue weighted by Gasteiger charge is 2.57. The SMILES string of the molecule is C1=CC2Oc3cc(N(c4ccc(N5C6c7ccccc7SC6C6Sc7ccccc7C65)cc4)C4C=CC(c5ccccc5)=CC4)ccc3C2C=C1. The van der Waals surface area contributed by atoms with Crippen LogP contribution in [0.15, 0.2) is 174 Å². The molecule has 1 saturated heterocycles. The minimum atomic E-state index is 0.0739. The summed E-state index contributed by atoms with van der Waals surface area (Å²) in [6, 6.07) is 46.1.